The number of carbonyl (C=O) groups excluding carboxylic acids is 1. The monoisotopic (exact) mass is 156 g/mol. The van der Waals surface area contributed by atoms with E-state index in [2.05, 4.69) is 17.6 Å². The first-order valence-corrected chi connectivity index (χ1v) is 4.12. The summed E-state index contributed by atoms with van der Waals surface area (Å²) in [6.45, 7) is 4.08. The molecule has 0 bridgehead atoms. The van der Waals surface area contributed by atoms with Gasteiger partial charge in [-0.25, -0.2) is 0 Å². The molecule has 11 heavy (non-hydrogen) atoms. The average Bonchev–Trinajstić information content (AvgIpc) is 2.65. The van der Waals surface area contributed by atoms with Gasteiger partial charge >= 0.3 is 0 Å². The maximum Gasteiger partial charge on any atom is 0.236 e. The average molecular weight is 156 g/mol. The minimum Gasteiger partial charge on any atom is -0.358 e. The SMILES string of the molecule is CNC(=O)C(C)NC1CC1C. The molecule has 3 heteroatoms. The molecule has 1 fully saturated rings. The highest BCUT2D eigenvalue weighted by Gasteiger charge is 2.34. The van der Waals surface area contributed by atoms with E-state index in [0.717, 1.165) is 5.92 Å². The summed E-state index contributed by atoms with van der Waals surface area (Å²) in [6.07, 6.45) is 1.21. The lowest BCUT2D eigenvalue weighted by atomic mass is 10.3. The van der Waals surface area contributed by atoms with Crippen molar-refractivity contribution in [3.05, 3.63) is 0 Å². The van der Waals surface area contributed by atoms with Crippen LogP contribution in [-0.2, 0) is 4.79 Å². The lowest BCUT2D eigenvalue weighted by Gasteiger charge is -2.10. The van der Waals surface area contributed by atoms with Crippen molar-refractivity contribution in [2.24, 2.45) is 5.92 Å². The summed E-state index contributed by atoms with van der Waals surface area (Å²) in [6, 6.07) is 0.525. The standard InChI is InChI=1S/C8H16N2O/c1-5-4-7(5)10-6(2)8(11)9-3/h5-7,10H,4H2,1-3H3,(H,9,11). The third-order valence-electron chi connectivity index (χ3n) is 2.21. The van der Waals surface area contributed by atoms with Crippen LogP contribution >= 0.6 is 0 Å². The molecule has 1 rings (SSSR count). The Labute approximate surface area is 67.5 Å². The Bertz CT molecular complexity index is 158. The van der Waals surface area contributed by atoms with Gasteiger partial charge in [-0.15, -0.1) is 0 Å². The van der Waals surface area contributed by atoms with E-state index >= 15 is 0 Å². The second-order valence-corrected chi connectivity index (χ2v) is 3.32. The summed E-state index contributed by atoms with van der Waals surface area (Å²) in [4.78, 5) is 11.0. The minimum atomic E-state index is -0.0463. The van der Waals surface area contributed by atoms with Gasteiger partial charge in [0.05, 0.1) is 6.04 Å². The smallest absolute Gasteiger partial charge is 0.236 e. The molecular formula is C8H16N2O. The molecule has 0 radical (unpaired) electrons. The molecule has 1 aliphatic carbocycles. The molecule has 1 amide bonds. The zero-order valence-electron chi connectivity index (χ0n) is 7.35. The molecule has 0 saturated heterocycles. The van der Waals surface area contributed by atoms with E-state index in [1.165, 1.54) is 6.42 Å². The first-order valence-electron chi connectivity index (χ1n) is 4.12. The van der Waals surface area contributed by atoms with Gasteiger partial charge in [-0.05, 0) is 19.3 Å². The Morgan fingerprint density at radius 2 is 2.18 bits per heavy atom. The van der Waals surface area contributed by atoms with E-state index in [1.54, 1.807) is 7.05 Å². The summed E-state index contributed by atoms with van der Waals surface area (Å²) in [7, 11) is 1.66. The van der Waals surface area contributed by atoms with Crippen molar-refractivity contribution in [1.29, 1.82) is 0 Å². The summed E-state index contributed by atoms with van der Waals surface area (Å²) in [5, 5.41) is 5.85. The van der Waals surface area contributed by atoms with Crippen LogP contribution in [0.3, 0.4) is 0 Å². The van der Waals surface area contributed by atoms with Crippen LogP contribution in [-0.4, -0.2) is 25.0 Å². The van der Waals surface area contributed by atoms with Gasteiger partial charge in [0.15, 0.2) is 0 Å². The number of likely N-dealkylation sites (N-methyl/N-ethyl adjacent to an activating group) is 1. The molecule has 1 saturated carbocycles. The molecule has 64 valence electrons. The Morgan fingerprint density at radius 1 is 1.64 bits per heavy atom. The van der Waals surface area contributed by atoms with Gasteiger partial charge in [0, 0.05) is 13.1 Å². The van der Waals surface area contributed by atoms with Crippen LogP contribution in [0, 0.1) is 5.92 Å². The van der Waals surface area contributed by atoms with Crippen LogP contribution < -0.4 is 10.6 Å². The highest BCUT2D eigenvalue weighted by atomic mass is 16.2. The van der Waals surface area contributed by atoms with Gasteiger partial charge in [0.2, 0.25) is 5.91 Å². The fourth-order valence-electron chi connectivity index (χ4n) is 1.17. The molecule has 3 atom stereocenters. The van der Waals surface area contributed by atoms with E-state index < -0.39 is 0 Å². The van der Waals surface area contributed by atoms with Crippen molar-refractivity contribution in [2.75, 3.05) is 7.05 Å². The predicted octanol–water partition coefficient (Wildman–Crippen LogP) is 0.119. The van der Waals surface area contributed by atoms with Crippen molar-refractivity contribution in [3.63, 3.8) is 0 Å². The first kappa shape index (κ1) is 8.53. The fraction of sp³-hybridized carbons (Fsp3) is 0.875. The zero-order valence-corrected chi connectivity index (χ0v) is 7.35. The molecule has 3 unspecified atom stereocenters. The normalized spacial score (nSPS) is 31.2. The zero-order chi connectivity index (χ0) is 8.43. The molecule has 0 aromatic heterocycles. The summed E-state index contributed by atoms with van der Waals surface area (Å²) < 4.78 is 0. The van der Waals surface area contributed by atoms with Crippen LogP contribution in [0.25, 0.3) is 0 Å². The Kier molecular flexibility index (Phi) is 2.49. The molecular weight excluding hydrogens is 140 g/mol. The topological polar surface area (TPSA) is 41.1 Å². The molecule has 0 aromatic carbocycles. The molecule has 3 nitrogen and oxygen atoms in total. The molecule has 0 spiro atoms. The number of hydrogen-bond donors (Lipinski definition) is 2. The number of nitrogens with one attached hydrogen (secondary N) is 2. The molecule has 0 aromatic rings. The summed E-state index contributed by atoms with van der Waals surface area (Å²) in [5.74, 6) is 0.825. The van der Waals surface area contributed by atoms with Crippen LogP contribution in [0.4, 0.5) is 0 Å². The van der Waals surface area contributed by atoms with Gasteiger partial charge in [-0.1, -0.05) is 6.92 Å². The highest BCUT2D eigenvalue weighted by Crippen LogP contribution is 2.29. The lowest BCUT2D eigenvalue weighted by Crippen LogP contribution is -2.41. The van der Waals surface area contributed by atoms with Crippen LogP contribution in [0.15, 0.2) is 0 Å². The van der Waals surface area contributed by atoms with Gasteiger partial charge in [0.1, 0.15) is 0 Å². The van der Waals surface area contributed by atoms with Crippen molar-refractivity contribution in [1.82, 2.24) is 10.6 Å². The largest absolute Gasteiger partial charge is 0.358 e. The van der Waals surface area contributed by atoms with Crippen LogP contribution in [0.5, 0.6) is 0 Å². The molecule has 0 aliphatic heterocycles. The third-order valence-corrected chi connectivity index (χ3v) is 2.21. The number of carbonyl (C=O) groups is 1. The van der Waals surface area contributed by atoms with Gasteiger partial charge < -0.3 is 10.6 Å². The van der Waals surface area contributed by atoms with Crippen LogP contribution in [0.2, 0.25) is 0 Å². The maximum absolute atomic E-state index is 11.0. The van der Waals surface area contributed by atoms with Crippen molar-refractivity contribution in [2.45, 2.75) is 32.4 Å². The van der Waals surface area contributed by atoms with Crippen LogP contribution in [0.1, 0.15) is 20.3 Å². The van der Waals surface area contributed by atoms with E-state index in [9.17, 15) is 4.79 Å². The highest BCUT2D eigenvalue weighted by molar-refractivity contribution is 5.81. The van der Waals surface area contributed by atoms with Crippen molar-refractivity contribution >= 4 is 5.91 Å². The van der Waals surface area contributed by atoms with Crippen molar-refractivity contribution < 1.29 is 4.79 Å². The minimum absolute atomic E-state index is 0.0463. The second kappa shape index (κ2) is 3.22. The van der Waals surface area contributed by atoms with E-state index in [1.807, 2.05) is 6.92 Å². The lowest BCUT2D eigenvalue weighted by molar-refractivity contribution is -0.122. The number of rotatable bonds is 3. The van der Waals surface area contributed by atoms with Crippen molar-refractivity contribution in [3.8, 4) is 0 Å². The fourth-order valence-corrected chi connectivity index (χ4v) is 1.17. The Morgan fingerprint density at radius 3 is 2.55 bits per heavy atom. The number of hydrogen-bond acceptors (Lipinski definition) is 2. The quantitative estimate of drug-likeness (QED) is 0.609. The van der Waals surface area contributed by atoms with E-state index in [-0.39, 0.29) is 11.9 Å². The van der Waals surface area contributed by atoms with E-state index in [0.29, 0.717) is 6.04 Å². The maximum atomic E-state index is 11.0. The first-order chi connectivity index (χ1) is 5.15. The predicted molar refractivity (Wildman–Crippen MR) is 44.2 cm³/mol. The molecule has 1 aliphatic rings. The van der Waals surface area contributed by atoms with Gasteiger partial charge in [0.25, 0.3) is 0 Å². The number of amides is 1. The van der Waals surface area contributed by atoms with Gasteiger partial charge in [-0.2, -0.15) is 0 Å². The van der Waals surface area contributed by atoms with E-state index in [4.69, 9.17) is 0 Å². The third kappa shape index (κ3) is 2.19. The van der Waals surface area contributed by atoms with Gasteiger partial charge in [-0.3, -0.25) is 4.79 Å². The summed E-state index contributed by atoms with van der Waals surface area (Å²) >= 11 is 0. The Hall–Kier alpha value is -0.570. The Balaban J connectivity index is 2.20. The second-order valence-electron chi connectivity index (χ2n) is 3.32. The molecule has 0 heterocycles. The summed E-state index contributed by atoms with van der Waals surface area (Å²) in [5.41, 5.74) is 0. The molecule has 2 N–H and O–H groups in total.